The normalized spacial score (nSPS) is 22.8. The van der Waals surface area contributed by atoms with Crippen LogP contribution < -0.4 is 0 Å². The molecule has 2 heterocycles. The maximum absolute atomic E-state index is 12.7. The lowest BCUT2D eigenvalue weighted by atomic mass is 9.98. The van der Waals surface area contributed by atoms with Crippen LogP contribution in [-0.4, -0.2) is 77.6 Å². The lowest BCUT2D eigenvalue weighted by Gasteiger charge is -2.38. The standard InChI is InChI=1S/C13H21N5O4S/c1-13(22-2,10-3-4-10)11(19)17-5-7-18(8-6-17)23(20,21)12-14-9-15-16-12/h9-10H,3-8H2,1-2H3,(H,14,15,16). The second-order valence-corrected chi connectivity index (χ2v) is 7.93. The minimum absolute atomic E-state index is 0.0563. The number of aromatic nitrogens is 3. The van der Waals surface area contributed by atoms with E-state index in [1.54, 1.807) is 12.0 Å². The Labute approximate surface area is 135 Å². The van der Waals surface area contributed by atoms with Gasteiger partial charge in [0.1, 0.15) is 11.9 Å². The Bertz CT molecular complexity index is 665. The van der Waals surface area contributed by atoms with Crippen molar-refractivity contribution in [3.8, 4) is 0 Å². The van der Waals surface area contributed by atoms with Crippen molar-refractivity contribution in [1.82, 2.24) is 24.4 Å². The number of amides is 1. The first-order valence-electron chi connectivity index (χ1n) is 7.59. The largest absolute Gasteiger partial charge is 0.368 e. The molecule has 1 aromatic heterocycles. The van der Waals surface area contributed by atoms with Crippen LogP contribution in [0.25, 0.3) is 0 Å². The minimum Gasteiger partial charge on any atom is -0.368 e. The van der Waals surface area contributed by atoms with Gasteiger partial charge in [-0.25, -0.2) is 18.5 Å². The number of hydrogen-bond donors (Lipinski definition) is 1. The molecule has 23 heavy (non-hydrogen) atoms. The Hall–Kier alpha value is -1.52. The van der Waals surface area contributed by atoms with E-state index in [1.165, 1.54) is 4.31 Å². The van der Waals surface area contributed by atoms with Gasteiger partial charge in [0, 0.05) is 33.3 Å². The Balaban J connectivity index is 1.66. The highest BCUT2D eigenvalue weighted by Crippen LogP contribution is 2.42. The van der Waals surface area contributed by atoms with Crippen LogP contribution in [0.4, 0.5) is 0 Å². The van der Waals surface area contributed by atoms with Crippen LogP contribution in [0, 0.1) is 5.92 Å². The summed E-state index contributed by atoms with van der Waals surface area (Å²) in [6, 6.07) is 0. The number of aromatic amines is 1. The van der Waals surface area contributed by atoms with Crippen molar-refractivity contribution in [2.24, 2.45) is 5.92 Å². The summed E-state index contributed by atoms with van der Waals surface area (Å²) in [6.07, 6.45) is 3.15. The molecule has 0 aromatic carbocycles. The van der Waals surface area contributed by atoms with Gasteiger partial charge in [0.15, 0.2) is 0 Å². The molecule has 1 saturated heterocycles. The van der Waals surface area contributed by atoms with E-state index >= 15 is 0 Å². The zero-order valence-corrected chi connectivity index (χ0v) is 14.0. The van der Waals surface area contributed by atoms with Gasteiger partial charge in [0.25, 0.3) is 21.1 Å². The zero-order valence-electron chi connectivity index (χ0n) is 13.2. The molecule has 2 fully saturated rings. The fraction of sp³-hybridized carbons (Fsp3) is 0.769. The van der Waals surface area contributed by atoms with Crippen LogP contribution >= 0.6 is 0 Å². The molecule has 3 rings (SSSR count). The molecule has 1 atom stereocenters. The SMILES string of the molecule is COC(C)(C(=O)N1CCN(S(=O)(=O)c2ncn[nH]2)CC1)C1CC1. The average molecular weight is 343 g/mol. The molecular weight excluding hydrogens is 322 g/mol. The van der Waals surface area contributed by atoms with Crippen molar-refractivity contribution in [3.05, 3.63) is 6.33 Å². The number of carbonyl (C=O) groups is 1. The lowest BCUT2D eigenvalue weighted by molar-refractivity contribution is -0.156. The van der Waals surface area contributed by atoms with Crippen LogP contribution in [0.2, 0.25) is 0 Å². The first-order chi connectivity index (χ1) is 10.9. The third-order valence-corrected chi connectivity index (χ3v) is 6.44. The van der Waals surface area contributed by atoms with Crippen molar-refractivity contribution >= 4 is 15.9 Å². The molecule has 0 radical (unpaired) electrons. The second kappa shape index (κ2) is 5.84. The predicted molar refractivity (Wildman–Crippen MR) is 79.9 cm³/mol. The maximum Gasteiger partial charge on any atom is 0.278 e. The molecule has 1 N–H and O–H groups in total. The molecule has 128 valence electrons. The summed E-state index contributed by atoms with van der Waals surface area (Å²) in [5, 5.41) is 5.78. The average Bonchev–Trinajstić information content (AvgIpc) is 3.27. The predicted octanol–water partition coefficient (Wildman–Crippen LogP) is -0.547. The van der Waals surface area contributed by atoms with Crippen LogP contribution in [0.3, 0.4) is 0 Å². The monoisotopic (exact) mass is 343 g/mol. The number of methoxy groups -OCH3 is 1. The lowest BCUT2D eigenvalue weighted by Crippen LogP contribution is -2.57. The molecule has 10 heteroatoms. The molecule has 0 spiro atoms. The van der Waals surface area contributed by atoms with Gasteiger partial charge in [0.2, 0.25) is 0 Å². The number of ether oxygens (including phenoxy) is 1. The molecular formula is C13H21N5O4S. The molecule has 1 amide bonds. The van der Waals surface area contributed by atoms with Crippen molar-refractivity contribution in [2.75, 3.05) is 33.3 Å². The van der Waals surface area contributed by atoms with E-state index in [9.17, 15) is 13.2 Å². The first-order valence-corrected chi connectivity index (χ1v) is 9.03. The van der Waals surface area contributed by atoms with E-state index in [2.05, 4.69) is 15.2 Å². The Morgan fingerprint density at radius 2 is 2.00 bits per heavy atom. The second-order valence-electron chi connectivity index (χ2n) is 6.07. The van der Waals surface area contributed by atoms with E-state index in [-0.39, 0.29) is 30.1 Å². The third-order valence-electron chi connectivity index (χ3n) is 4.71. The molecule has 9 nitrogen and oxygen atoms in total. The van der Waals surface area contributed by atoms with Gasteiger partial charge in [0.05, 0.1) is 0 Å². The smallest absolute Gasteiger partial charge is 0.278 e. The molecule has 1 unspecified atom stereocenters. The third kappa shape index (κ3) is 2.86. The quantitative estimate of drug-likeness (QED) is 0.769. The van der Waals surface area contributed by atoms with Gasteiger partial charge in [-0.3, -0.25) is 4.79 Å². The van der Waals surface area contributed by atoms with Gasteiger partial charge >= 0.3 is 0 Å². The summed E-state index contributed by atoms with van der Waals surface area (Å²) in [7, 11) is -2.12. The van der Waals surface area contributed by atoms with E-state index < -0.39 is 15.6 Å². The van der Waals surface area contributed by atoms with Crippen molar-refractivity contribution < 1.29 is 17.9 Å². The maximum atomic E-state index is 12.7. The molecule has 1 aromatic rings. The number of hydrogen-bond acceptors (Lipinski definition) is 6. The number of H-pyrrole nitrogens is 1. The number of sulfonamides is 1. The summed E-state index contributed by atoms with van der Waals surface area (Å²) in [6.45, 7) is 2.98. The van der Waals surface area contributed by atoms with Gasteiger partial charge in [-0.1, -0.05) is 0 Å². The number of nitrogens with zero attached hydrogens (tertiary/aromatic N) is 4. The summed E-state index contributed by atoms with van der Waals surface area (Å²) in [5.74, 6) is 0.204. The first kappa shape index (κ1) is 16.3. The van der Waals surface area contributed by atoms with Crippen LogP contribution in [0.5, 0.6) is 0 Å². The summed E-state index contributed by atoms with van der Waals surface area (Å²) >= 11 is 0. The molecule has 0 bridgehead atoms. The van der Waals surface area contributed by atoms with Gasteiger partial charge in [-0.15, -0.1) is 0 Å². The number of rotatable bonds is 5. The van der Waals surface area contributed by atoms with Gasteiger partial charge in [-0.2, -0.15) is 9.40 Å². The fourth-order valence-electron chi connectivity index (χ4n) is 2.95. The van der Waals surface area contributed by atoms with E-state index in [4.69, 9.17) is 4.74 Å². The highest BCUT2D eigenvalue weighted by molar-refractivity contribution is 7.88. The molecule has 1 aliphatic carbocycles. The van der Waals surface area contributed by atoms with Crippen LogP contribution in [-0.2, 0) is 19.6 Å². The summed E-state index contributed by atoms with van der Waals surface area (Å²) in [5.41, 5.74) is -0.800. The zero-order chi connectivity index (χ0) is 16.7. The van der Waals surface area contributed by atoms with Gasteiger partial charge in [-0.05, 0) is 25.7 Å². The fourth-order valence-corrected chi connectivity index (χ4v) is 4.19. The number of carbonyl (C=O) groups excluding carboxylic acids is 1. The Kier molecular flexibility index (Phi) is 4.15. The molecule has 1 saturated carbocycles. The molecule has 2 aliphatic rings. The molecule has 1 aliphatic heterocycles. The van der Waals surface area contributed by atoms with E-state index in [0.717, 1.165) is 19.2 Å². The van der Waals surface area contributed by atoms with Crippen LogP contribution in [0.15, 0.2) is 11.5 Å². The number of nitrogens with one attached hydrogen (secondary N) is 1. The van der Waals surface area contributed by atoms with Gasteiger partial charge < -0.3 is 9.64 Å². The van der Waals surface area contributed by atoms with E-state index in [1.807, 2.05) is 6.92 Å². The van der Waals surface area contributed by atoms with Crippen molar-refractivity contribution in [1.29, 1.82) is 0 Å². The summed E-state index contributed by atoms with van der Waals surface area (Å²) < 4.78 is 31.5. The Morgan fingerprint density at radius 3 is 2.48 bits per heavy atom. The number of piperazine rings is 1. The van der Waals surface area contributed by atoms with E-state index in [0.29, 0.717) is 13.1 Å². The van der Waals surface area contributed by atoms with Crippen molar-refractivity contribution in [2.45, 2.75) is 30.5 Å². The topological polar surface area (TPSA) is 108 Å². The summed E-state index contributed by atoms with van der Waals surface area (Å²) in [4.78, 5) is 18.1. The Morgan fingerprint density at radius 1 is 1.35 bits per heavy atom. The van der Waals surface area contributed by atoms with Crippen molar-refractivity contribution in [3.63, 3.8) is 0 Å². The highest BCUT2D eigenvalue weighted by atomic mass is 32.2. The highest BCUT2D eigenvalue weighted by Gasteiger charge is 2.50. The minimum atomic E-state index is -3.68. The van der Waals surface area contributed by atoms with Crippen LogP contribution in [0.1, 0.15) is 19.8 Å².